The second kappa shape index (κ2) is 5.75. The molecule has 1 aliphatic heterocycles. The lowest BCUT2D eigenvalue weighted by Crippen LogP contribution is -2.55. The molecular weight excluding hydrogens is 284 g/mol. The lowest BCUT2D eigenvalue weighted by molar-refractivity contribution is -0.0178. The van der Waals surface area contributed by atoms with Crippen LogP contribution in [0.2, 0.25) is 0 Å². The van der Waals surface area contributed by atoms with E-state index in [1.165, 1.54) is 11.3 Å². The fraction of sp³-hybridized carbons (Fsp3) is 0.438. The number of rotatable bonds is 3. The quantitative estimate of drug-likeness (QED) is 0.814. The fourth-order valence-corrected chi connectivity index (χ4v) is 3.75. The second-order valence-electron chi connectivity index (χ2n) is 5.70. The number of aliphatic hydroxyl groups is 1. The van der Waals surface area contributed by atoms with Gasteiger partial charge in [0, 0.05) is 4.70 Å². The van der Waals surface area contributed by atoms with Gasteiger partial charge in [-0.05, 0) is 50.4 Å². The fourth-order valence-electron chi connectivity index (χ4n) is 2.79. The first-order valence-corrected chi connectivity index (χ1v) is 8.13. The Balaban J connectivity index is 1.73. The highest BCUT2D eigenvalue weighted by molar-refractivity contribution is 7.20. The third-order valence-electron chi connectivity index (χ3n) is 4.27. The largest absolute Gasteiger partial charge is 0.388 e. The third-order valence-corrected chi connectivity index (χ3v) is 5.39. The molecule has 0 spiro atoms. The average molecular weight is 304 g/mol. The van der Waals surface area contributed by atoms with Crippen LogP contribution in [0, 0.1) is 0 Å². The summed E-state index contributed by atoms with van der Waals surface area (Å²) >= 11 is 1.49. The maximum atomic E-state index is 12.4. The molecule has 1 amide bonds. The number of piperidine rings is 1. The number of carbonyl (C=O) groups is 1. The molecule has 1 aliphatic rings. The summed E-state index contributed by atoms with van der Waals surface area (Å²) in [6.45, 7) is 3.47. The predicted octanol–water partition coefficient (Wildman–Crippen LogP) is 2.13. The van der Waals surface area contributed by atoms with Gasteiger partial charge >= 0.3 is 0 Å². The second-order valence-corrected chi connectivity index (χ2v) is 6.78. The van der Waals surface area contributed by atoms with Gasteiger partial charge < -0.3 is 15.7 Å². The van der Waals surface area contributed by atoms with E-state index in [-0.39, 0.29) is 11.9 Å². The zero-order chi connectivity index (χ0) is 14.9. The maximum absolute atomic E-state index is 12.4. The number of fused-ring (bicyclic) bond motifs is 1. The van der Waals surface area contributed by atoms with Gasteiger partial charge in [-0.3, -0.25) is 4.79 Å². The number of hydrogen-bond acceptors (Lipinski definition) is 4. The van der Waals surface area contributed by atoms with E-state index >= 15 is 0 Å². The van der Waals surface area contributed by atoms with Crippen molar-refractivity contribution < 1.29 is 9.90 Å². The van der Waals surface area contributed by atoms with Crippen molar-refractivity contribution in [2.45, 2.75) is 31.4 Å². The molecule has 1 fully saturated rings. The van der Waals surface area contributed by atoms with E-state index in [1.807, 2.05) is 37.3 Å². The minimum absolute atomic E-state index is 0.101. The molecule has 1 aromatic carbocycles. The Morgan fingerprint density at radius 3 is 2.81 bits per heavy atom. The SMILES string of the molecule is CC(NC(=O)c1cc2ccccc2s1)C1(O)CCNCC1. The molecular formula is C16H20N2O2S. The summed E-state index contributed by atoms with van der Waals surface area (Å²) in [5.41, 5.74) is -0.808. The number of amides is 1. The van der Waals surface area contributed by atoms with E-state index in [0.29, 0.717) is 17.7 Å². The van der Waals surface area contributed by atoms with E-state index < -0.39 is 5.60 Å². The van der Waals surface area contributed by atoms with E-state index in [4.69, 9.17) is 0 Å². The smallest absolute Gasteiger partial charge is 0.261 e. The molecule has 2 aromatic rings. The van der Waals surface area contributed by atoms with Gasteiger partial charge in [0.15, 0.2) is 0 Å². The van der Waals surface area contributed by atoms with Gasteiger partial charge in [0.1, 0.15) is 0 Å². The molecule has 1 aromatic heterocycles. The Labute approximate surface area is 128 Å². The Bertz CT molecular complexity index is 614. The standard InChI is InChI=1S/C16H20N2O2S/c1-11(16(20)6-8-17-9-7-16)18-15(19)14-10-12-4-2-3-5-13(12)21-14/h2-5,10-11,17,20H,6-9H2,1H3,(H,18,19). The Morgan fingerprint density at radius 1 is 1.38 bits per heavy atom. The Kier molecular flexibility index (Phi) is 3.97. The summed E-state index contributed by atoms with van der Waals surface area (Å²) in [4.78, 5) is 13.1. The molecule has 1 saturated heterocycles. The van der Waals surface area contributed by atoms with Crippen molar-refractivity contribution in [1.82, 2.24) is 10.6 Å². The molecule has 112 valence electrons. The molecule has 3 N–H and O–H groups in total. The molecule has 2 heterocycles. The first-order chi connectivity index (χ1) is 10.1. The van der Waals surface area contributed by atoms with Crippen LogP contribution in [0.4, 0.5) is 0 Å². The topological polar surface area (TPSA) is 61.4 Å². The normalized spacial score (nSPS) is 19.3. The zero-order valence-corrected chi connectivity index (χ0v) is 12.9. The maximum Gasteiger partial charge on any atom is 0.261 e. The summed E-state index contributed by atoms with van der Waals surface area (Å²) in [6.07, 6.45) is 1.34. The van der Waals surface area contributed by atoms with E-state index in [1.54, 1.807) is 0 Å². The van der Waals surface area contributed by atoms with Gasteiger partial charge in [-0.1, -0.05) is 18.2 Å². The van der Waals surface area contributed by atoms with Crippen molar-refractivity contribution in [2.24, 2.45) is 0 Å². The molecule has 0 radical (unpaired) electrons. The van der Waals surface area contributed by atoms with Crippen LogP contribution >= 0.6 is 11.3 Å². The molecule has 1 unspecified atom stereocenters. The van der Waals surface area contributed by atoms with Crippen molar-refractivity contribution in [3.8, 4) is 0 Å². The van der Waals surface area contributed by atoms with Crippen molar-refractivity contribution >= 4 is 27.3 Å². The molecule has 4 nitrogen and oxygen atoms in total. The van der Waals surface area contributed by atoms with Crippen LogP contribution < -0.4 is 10.6 Å². The summed E-state index contributed by atoms with van der Waals surface area (Å²) < 4.78 is 1.11. The molecule has 1 atom stereocenters. The van der Waals surface area contributed by atoms with Crippen LogP contribution in [0.3, 0.4) is 0 Å². The van der Waals surface area contributed by atoms with Gasteiger partial charge in [0.25, 0.3) is 5.91 Å². The summed E-state index contributed by atoms with van der Waals surface area (Å²) in [5.74, 6) is -0.101. The molecule has 21 heavy (non-hydrogen) atoms. The van der Waals surface area contributed by atoms with Gasteiger partial charge in [-0.25, -0.2) is 0 Å². The lowest BCUT2D eigenvalue weighted by Gasteiger charge is -2.37. The Hall–Kier alpha value is -1.43. The van der Waals surface area contributed by atoms with Crippen LogP contribution in [-0.4, -0.2) is 35.7 Å². The van der Waals surface area contributed by atoms with Gasteiger partial charge in [-0.15, -0.1) is 11.3 Å². The molecule has 0 bridgehead atoms. The highest BCUT2D eigenvalue weighted by Crippen LogP contribution is 2.26. The van der Waals surface area contributed by atoms with Crippen molar-refractivity contribution in [3.05, 3.63) is 35.2 Å². The number of carbonyl (C=O) groups excluding carboxylic acids is 1. The number of nitrogens with one attached hydrogen (secondary N) is 2. The molecule has 0 aliphatic carbocycles. The highest BCUT2D eigenvalue weighted by Gasteiger charge is 2.36. The first kappa shape index (κ1) is 14.5. The number of hydrogen-bond donors (Lipinski definition) is 3. The van der Waals surface area contributed by atoms with Gasteiger partial charge in [0.2, 0.25) is 0 Å². The molecule has 0 saturated carbocycles. The monoisotopic (exact) mass is 304 g/mol. The van der Waals surface area contributed by atoms with Crippen molar-refractivity contribution in [3.63, 3.8) is 0 Å². The van der Waals surface area contributed by atoms with Crippen molar-refractivity contribution in [1.29, 1.82) is 0 Å². The van der Waals surface area contributed by atoms with Crippen LogP contribution in [0.15, 0.2) is 30.3 Å². The third kappa shape index (κ3) is 2.95. The minimum atomic E-state index is -0.808. The van der Waals surface area contributed by atoms with E-state index in [0.717, 1.165) is 23.2 Å². The highest BCUT2D eigenvalue weighted by atomic mass is 32.1. The number of thiophene rings is 1. The lowest BCUT2D eigenvalue weighted by atomic mass is 9.86. The average Bonchev–Trinajstić information content (AvgIpc) is 2.92. The Morgan fingerprint density at radius 2 is 2.10 bits per heavy atom. The van der Waals surface area contributed by atoms with Crippen molar-refractivity contribution in [2.75, 3.05) is 13.1 Å². The van der Waals surface area contributed by atoms with E-state index in [9.17, 15) is 9.90 Å². The van der Waals surface area contributed by atoms with Gasteiger partial charge in [-0.2, -0.15) is 0 Å². The zero-order valence-electron chi connectivity index (χ0n) is 12.1. The van der Waals surface area contributed by atoms with Crippen LogP contribution in [0.5, 0.6) is 0 Å². The van der Waals surface area contributed by atoms with Gasteiger partial charge in [0.05, 0.1) is 16.5 Å². The summed E-state index contributed by atoms with van der Waals surface area (Å²) in [7, 11) is 0. The van der Waals surface area contributed by atoms with Crippen LogP contribution in [0.25, 0.3) is 10.1 Å². The molecule has 3 rings (SSSR count). The summed E-state index contributed by atoms with van der Waals surface area (Å²) in [5, 5.41) is 17.9. The van der Waals surface area contributed by atoms with Crippen LogP contribution in [0.1, 0.15) is 29.4 Å². The number of benzene rings is 1. The van der Waals surface area contributed by atoms with Crippen LogP contribution in [-0.2, 0) is 0 Å². The summed E-state index contributed by atoms with van der Waals surface area (Å²) in [6, 6.07) is 9.62. The first-order valence-electron chi connectivity index (χ1n) is 7.31. The predicted molar refractivity (Wildman–Crippen MR) is 85.8 cm³/mol. The molecule has 5 heteroatoms. The van der Waals surface area contributed by atoms with E-state index in [2.05, 4.69) is 10.6 Å². The minimum Gasteiger partial charge on any atom is -0.388 e.